The molecule has 0 spiro atoms. The summed E-state index contributed by atoms with van der Waals surface area (Å²) in [6.45, 7) is 7.12. The van der Waals surface area contributed by atoms with Crippen molar-refractivity contribution in [1.82, 2.24) is 0 Å². The molecule has 0 aliphatic rings. The third-order valence-corrected chi connectivity index (χ3v) is 4.17. The van der Waals surface area contributed by atoms with Crippen molar-refractivity contribution in [2.75, 3.05) is 44.0 Å². The monoisotopic (exact) mass is 400 g/mol. The van der Waals surface area contributed by atoms with Crippen LogP contribution in [0.2, 0.25) is 0 Å². The van der Waals surface area contributed by atoms with E-state index in [-0.39, 0.29) is 24.9 Å². The van der Waals surface area contributed by atoms with E-state index in [0.29, 0.717) is 30.4 Å². The molecule has 29 heavy (non-hydrogen) atoms. The molecule has 2 aromatic rings. The second-order valence-corrected chi connectivity index (χ2v) is 6.75. The van der Waals surface area contributed by atoms with Crippen LogP contribution in [0.1, 0.15) is 19.4 Å². The number of rotatable bonds is 10. The number of carbonyl (C=O) groups is 2. The van der Waals surface area contributed by atoms with Crippen LogP contribution in [0, 0.1) is 6.92 Å². The Morgan fingerprint density at radius 3 is 2.17 bits per heavy atom. The lowest BCUT2D eigenvalue weighted by Crippen LogP contribution is -3.11. The summed E-state index contributed by atoms with van der Waals surface area (Å²) in [5.41, 5.74) is 2.41. The van der Waals surface area contributed by atoms with Crippen LogP contribution in [0.3, 0.4) is 0 Å². The number of hydrogen-bond donors (Lipinski definition) is 3. The molecule has 2 amide bonds. The highest BCUT2D eigenvalue weighted by Crippen LogP contribution is 2.30. The first-order chi connectivity index (χ1) is 13.9. The van der Waals surface area contributed by atoms with Gasteiger partial charge in [-0.3, -0.25) is 9.59 Å². The molecular formula is C22H30N3O4+. The van der Waals surface area contributed by atoms with Crippen LogP contribution in [0.15, 0.2) is 42.5 Å². The Morgan fingerprint density at radius 2 is 1.52 bits per heavy atom. The predicted molar refractivity (Wildman–Crippen MR) is 114 cm³/mol. The number of quaternary nitrogens is 1. The number of hydrogen-bond acceptors (Lipinski definition) is 4. The van der Waals surface area contributed by atoms with Gasteiger partial charge in [-0.2, -0.15) is 0 Å². The number of ether oxygens (including phenoxy) is 2. The van der Waals surface area contributed by atoms with Gasteiger partial charge in [0.25, 0.3) is 11.8 Å². The van der Waals surface area contributed by atoms with Crippen LogP contribution in [0.4, 0.5) is 11.4 Å². The maximum absolute atomic E-state index is 12.4. The molecule has 0 heterocycles. The summed E-state index contributed by atoms with van der Waals surface area (Å²) >= 11 is 0. The number of amides is 2. The molecule has 0 fully saturated rings. The van der Waals surface area contributed by atoms with Crippen LogP contribution in [-0.4, -0.2) is 45.2 Å². The van der Waals surface area contributed by atoms with Gasteiger partial charge >= 0.3 is 0 Å². The number of aryl methyl sites for hydroxylation is 1. The molecule has 2 aromatic carbocycles. The van der Waals surface area contributed by atoms with Gasteiger partial charge in [0.15, 0.2) is 24.6 Å². The van der Waals surface area contributed by atoms with E-state index in [0.717, 1.165) is 16.2 Å². The van der Waals surface area contributed by atoms with Gasteiger partial charge in [-0.25, -0.2) is 0 Å². The molecular weight excluding hydrogens is 370 g/mol. The van der Waals surface area contributed by atoms with Gasteiger partial charge < -0.3 is 25.0 Å². The summed E-state index contributed by atoms with van der Waals surface area (Å²) < 4.78 is 11.1. The summed E-state index contributed by atoms with van der Waals surface area (Å²) in [5.74, 6) is 0.913. The predicted octanol–water partition coefficient (Wildman–Crippen LogP) is 1.88. The Labute approximate surface area is 172 Å². The first-order valence-electron chi connectivity index (χ1n) is 9.79. The second-order valence-electron chi connectivity index (χ2n) is 6.75. The van der Waals surface area contributed by atoms with Gasteiger partial charge in [0.2, 0.25) is 0 Å². The van der Waals surface area contributed by atoms with Crippen molar-refractivity contribution >= 4 is 23.2 Å². The van der Waals surface area contributed by atoms with Crippen LogP contribution < -0.4 is 25.0 Å². The fraction of sp³-hybridized carbons (Fsp3) is 0.364. The van der Waals surface area contributed by atoms with E-state index < -0.39 is 0 Å². The maximum atomic E-state index is 12.4. The summed E-state index contributed by atoms with van der Waals surface area (Å²) in [4.78, 5) is 25.4. The zero-order valence-electron chi connectivity index (χ0n) is 17.5. The first kappa shape index (κ1) is 22.2. The van der Waals surface area contributed by atoms with Crippen molar-refractivity contribution in [2.24, 2.45) is 0 Å². The summed E-state index contributed by atoms with van der Waals surface area (Å²) in [6.07, 6.45) is 0. The van der Waals surface area contributed by atoms with Crippen molar-refractivity contribution in [3.63, 3.8) is 0 Å². The Kier molecular flexibility index (Phi) is 8.48. The van der Waals surface area contributed by atoms with Crippen LogP contribution in [0.25, 0.3) is 0 Å². The summed E-state index contributed by atoms with van der Waals surface area (Å²) in [5, 5.41) is 5.73. The number of benzene rings is 2. The van der Waals surface area contributed by atoms with Gasteiger partial charge in [-0.15, -0.1) is 0 Å². The Balaban J connectivity index is 1.88. The number of likely N-dealkylation sites (N-methyl/N-ethyl adjacent to an activating group) is 1. The second kappa shape index (κ2) is 11.1. The van der Waals surface area contributed by atoms with E-state index in [1.165, 1.54) is 0 Å². The molecule has 7 nitrogen and oxygen atoms in total. The molecule has 0 saturated heterocycles. The van der Waals surface area contributed by atoms with Gasteiger partial charge in [0.1, 0.15) is 0 Å². The third-order valence-electron chi connectivity index (χ3n) is 4.17. The topological polar surface area (TPSA) is 81.1 Å². The SMILES string of the molecule is CCOc1ccc(NC(=O)C[NH+](C)CC(=O)Nc2ccccc2C)cc1OCC. The van der Waals surface area contributed by atoms with Crippen LogP contribution >= 0.6 is 0 Å². The normalized spacial score (nSPS) is 11.4. The van der Waals surface area contributed by atoms with Crippen molar-refractivity contribution in [3.05, 3.63) is 48.0 Å². The minimum Gasteiger partial charge on any atom is -0.490 e. The van der Waals surface area contributed by atoms with Crippen LogP contribution in [-0.2, 0) is 9.59 Å². The Bertz CT molecular complexity index is 839. The van der Waals surface area contributed by atoms with E-state index in [9.17, 15) is 9.59 Å². The van der Waals surface area contributed by atoms with Gasteiger partial charge in [-0.1, -0.05) is 18.2 Å². The molecule has 1 unspecified atom stereocenters. The fourth-order valence-corrected chi connectivity index (χ4v) is 2.85. The molecule has 7 heteroatoms. The standard InChI is InChI=1S/C22H29N3O4/c1-5-28-19-12-11-17(13-20(19)29-6-2)23-21(26)14-25(4)15-22(27)24-18-10-8-7-9-16(18)3/h7-13H,5-6,14-15H2,1-4H3,(H,23,26)(H,24,27)/p+1. The van der Waals surface area contributed by atoms with E-state index in [2.05, 4.69) is 10.6 Å². The number of nitrogens with one attached hydrogen (secondary N) is 3. The van der Waals surface area contributed by atoms with Crippen molar-refractivity contribution in [3.8, 4) is 11.5 Å². The molecule has 0 bridgehead atoms. The van der Waals surface area contributed by atoms with E-state index in [1.54, 1.807) is 25.2 Å². The third kappa shape index (κ3) is 7.12. The molecule has 0 aliphatic heterocycles. The highest BCUT2D eigenvalue weighted by atomic mass is 16.5. The fourth-order valence-electron chi connectivity index (χ4n) is 2.85. The molecule has 0 radical (unpaired) electrons. The average Bonchev–Trinajstić information content (AvgIpc) is 2.65. The number of anilines is 2. The average molecular weight is 400 g/mol. The minimum atomic E-state index is -0.183. The highest BCUT2D eigenvalue weighted by Gasteiger charge is 2.16. The van der Waals surface area contributed by atoms with Crippen LogP contribution in [0.5, 0.6) is 11.5 Å². The molecule has 2 rings (SSSR count). The maximum Gasteiger partial charge on any atom is 0.279 e. The lowest BCUT2D eigenvalue weighted by molar-refractivity contribution is -0.862. The number of carbonyl (C=O) groups excluding carboxylic acids is 2. The van der Waals surface area contributed by atoms with Gasteiger partial charge in [-0.05, 0) is 44.5 Å². The number of para-hydroxylation sites is 1. The zero-order chi connectivity index (χ0) is 21.2. The highest BCUT2D eigenvalue weighted by molar-refractivity contribution is 5.93. The lowest BCUT2D eigenvalue weighted by Gasteiger charge is -2.15. The van der Waals surface area contributed by atoms with E-state index in [4.69, 9.17) is 9.47 Å². The smallest absolute Gasteiger partial charge is 0.279 e. The van der Waals surface area contributed by atoms with E-state index in [1.807, 2.05) is 45.0 Å². The summed E-state index contributed by atoms with van der Waals surface area (Å²) in [7, 11) is 1.81. The first-order valence-corrected chi connectivity index (χ1v) is 9.79. The molecule has 1 atom stereocenters. The van der Waals surface area contributed by atoms with Crippen molar-refractivity contribution < 1.29 is 24.0 Å². The van der Waals surface area contributed by atoms with Gasteiger partial charge in [0, 0.05) is 17.4 Å². The Morgan fingerprint density at radius 1 is 0.897 bits per heavy atom. The lowest BCUT2D eigenvalue weighted by atomic mass is 10.2. The van der Waals surface area contributed by atoms with E-state index >= 15 is 0 Å². The molecule has 0 saturated carbocycles. The molecule has 3 N–H and O–H groups in total. The van der Waals surface area contributed by atoms with Crippen molar-refractivity contribution in [1.29, 1.82) is 0 Å². The molecule has 0 aliphatic carbocycles. The minimum absolute atomic E-state index is 0.135. The largest absolute Gasteiger partial charge is 0.490 e. The van der Waals surface area contributed by atoms with Crippen molar-refractivity contribution in [2.45, 2.75) is 20.8 Å². The molecule has 0 aromatic heterocycles. The quantitative estimate of drug-likeness (QED) is 0.569. The zero-order valence-corrected chi connectivity index (χ0v) is 17.5. The molecule has 156 valence electrons. The van der Waals surface area contributed by atoms with Gasteiger partial charge in [0.05, 0.1) is 20.3 Å². The Hall–Kier alpha value is -3.06. The summed E-state index contributed by atoms with van der Waals surface area (Å²) in [6, 6.07) is 12.9.